The molecule has 0 radical (unpaired) electrons. The molecule has 1 saturated heterocycles. The van der Waals surface area contributed by atoms with Crippen LogP contribution in [0.25, 0.3) is 11.0 Å². The molecular formula is C21H23N4O8P. The summed E-state index contributed by atoms with van der Waals surface area (Å²) >= 11 is 0. The Morgan fingerprint density at radius 3 is 2.62 bits per heavy atom. The van der Waals surface area contributed by atoms with Gasteiger partial charge in [-0.2, -0.15) is 0 Å². The van der Waals surface area contributed by atoms with E-state index in [1.807, 2.05) is 0 Å². The minimum Gasteiger partial charge on any atom is -0.497 e. The lowest BCUT2D eigenvalue weighted by molar-refractivity contribution is -0.0947. The molecule has 1 aromatic carbocycles. The van der Waals surface area contributed by atoms with Gasteiger partial charge in [0.05, 0.1) is 24.7 Å². The Balaban J connectivity index is 1.73. The van der Waals surface area contributed by atoms with Gasteiger partial charge in [-0.1, -0.05) is 11.8 Å². The van der Waals surface area contributed by atoms with Gasteiger partial charge < -0.3 is 39.8 Å². The molecule has 1 aliphatic rings. The second kappa shape index (κ2) is 8.98. The molecule has 13 heteroatoms. The van der Waals surface area contributed by atoms with E-state index in [9.17, 15) is 14.8 Å². The summed E-state index contributed by atoms with van der Waals surface area (Å²) in [4.78, 5) is 26.2. The average molecular weight is 490 g/mol. The van der Waals surface area contributed by atoms with Gasteiger partial charge in [0.25, 0.3) is 0 Å². The lowest BCUT2D eigenvalue weighted by Gasteiger charge is -2.27. The first-order chi connectivity index (χ1) is 16.0. The van der Waals surface area contributed by atoms with Crippen LogP contribution in [0.1, 0.15) is 24.3 Å². The molecule has 0 amide bonds. The second-order valence-electron chi connectivity index (χ2n) is 7.87. The van der Waals surface area contributed by atoms with Gasteiger partial charge in [-0.25, -0.2) is 14.5 Å². The van der Waals surface area contributed by atoms with Gasteiger partial charge in [0, 0.05) is 11.8 Å². The van der Waals surface area contributed by atoms with Crippen molar-refractivity contribution in [3.63, 3.8) is 0 Å². The van der Waals surface area contributed by atoms with E-state index in [4.69, 9.17) is 25.0 Å². The van der Waals surface area contributed by atoms with Crippen LogP contribution in [0, 0.1) is 11.8 Å². The number of hydrogen-bond donors (Lipinski definition) is 5. The molecular weight excluding hydrogens is 467 g/mol. The highest BCUT2D eigenvalue weighted by Crippen LogP contribution is 2.43. The first-order valence-electron chi connectivity index (χ1n) is 10.0. The highest BCUT2D eigenvalue weighted by atomic mass is 31.2. The summed E-state index contributed by atoms with van der Waals surface area (Å²) in [6.45, 7) is 0.692. The Morgan fingerprint density at radius 2 is 1.97 bits per heavy atom. The van der Waals surface area contributed by atoms with E-state index < -0.39 is 38.5 Å². The lowest BCUT2D eigenvalue weighted by Crippen LogP contribution is -2.44. The molecule has 0 spiro atoms. The fourth-order valence-corrected chi connectivity index (χ4v) is 4.09. The van der Waals surface area contributed by atoms with Crippen molar-refractivity contribution < 1.29 is 38.6 Å². The molecule has 4 atom stereocenters. The number of aliphatic hydroxyl groups excluding tert-OH is 1. The maximum Gasteiger partial charge on any atom is 0.469 e. The Labute approximate surface area is 194 Å². The number of aromatic nitrogens is 3. The molecule has 3 heterocycles. The summed E-state index contributed by atoms with van der Waals surface area (Å²) in [5.74, 6) is 6.89. The zero-order valence-electron chi connectivity index (χ0n) is 18.2. The highest BCUT2D eigenvalue weighted by molar-refractivity contribution is 7.46. The van der Waals surface area contributed by atoms with Crippen LogP contribution in [0.3, 0.4) is 0 Å². The van der Waals surface area contributed by atoms with Gasteiger partial charge in [-0.15, -0.1) is 0 Å². The Morgan fingerprint density at radius 1 is 1.26 bits per heavy atom. The number of methoxy groups -OCH3 is 1. The molecule has 1 fully saturated rings. The van der Waals surface area contributed by atoms with Crippen LogP contribution in [-0.4, -0.2) is 66.1 Å². The van der Waals surface area contributed by atoms with Crippen molar-refractivity contribution in [2.75, 3.05) is 19.5 Å². The van der Waals surface area contributed by atoms with Crippen molar-refractivity contribution in [2.24, 2.45) is 0 Å². The van der Waals surface area contributed by atoms with E-state index >= 15 is 0 Å². The van der Waals surface area contributed by atoms with E-state index in [-0.39, 0.29) is 5.82 Å². The standard InChI is InChI=1S/C21H23N4O8P/c1-21(27)17(26)15(10-32-34(28,29)30)33-20(21)25-9-13(16-18(22)23-11-24-19(16)25)6-3-12-4-7-14(31-2)8-5-12/h4-5,7-9,11,15,17,20,26-27H,10H2,1-2H3,(H2,22,23,24)(H2,28,29,30)/t15-,17-,20-,21-/m1/s1. The number of fused-ring (bicyclic) bond motifs is 1. The summed E-state index contributed by atoms with van der Waals surface area (Å²) < 4.78 is 27.9. The molecule has 2 aromatic heterocycles. The summed E-state index contributed by atoms with van der Waals surface area (Å²) in [5.41, 5.74) is 5.68. The summed E-state index contributed by atoms with van der Waals surface area (Å²) in [6, 6.07) is 7.13. The Hall–Kier alpha value is -3.01. The van der Waals surface area contributed by atoms with Gasteiger partial charge >= 0.3 is 7.82 Å². The third-order valence-electron chi connectivity index (χ3n) is 5.48. The van der Waals surface area contributed by atoms with Crippen LogP contribution in [0.2, 0.25) is 0 Å². The average Bonchev–Trinajstić information content (AvgIpc) is 3.26. The maximum atomic E-state index is 11.1. The van der Waals surface area contributed by atoms with Crippen molar-refractivity contribution in [3.05, 3.63) is 47.9 Å². The topological polar surface area (TPSA) is 182 Å². The van der Waals surface area contributed by atoms with Crippen LogP contribution in [0.5, 0.6) is 5.75 Å². The molecule has 3 aromatic rings. The summed E-state index contributed by atoms with van der Waals surface area (Å²) in [6.07, 6.45) is -1.14. The minimum absolute atomic E-state index is 0.155. The fourth-order valence-electron chi connectivity index (χ4n) is 3.74. The third kappa shape index (κ3) is 4.64. The van der Waals surface area contributed by atoms with Gasteiger partial charge in [-0.05, 0) is 31.2 Å². The number of aliphatic hydroxyl groups is 2. The quantitative estimate of drug-likeness (QED) is 0.249. The normalized spacial score (nSPS) is 24.7. The van der Waals surface area contributed by atoms with Crippen LogP contribution in [0.15, 0.2) is 36.8 Å². The molecule has 34 heavy (non-hydrogen) atoms. The molecule has 6 N–H and O–H groups in total. The van der Waals surface area contributed by atoms with Gasteiger partial charge in [0.2, 0.25) is 0 Å². The van der Waals surface area contributed by atoms with E-state index in [2.05, 4.69) is 26.3 Å². The maximum absolute atomic E-state index is 11.1. The summed E-state index contributed by atoms with van der Waals surface area (Å²) in [5, 5.41) is 22.0. The number of nitrogen functional groups attached to an aromatic ring is 1. The minimum atomic E-state index is -4.81. The highest BCUT2D eigenvalue weighted by Gasteiger charge is 2.54. The summed E-state index contributed by atoms with van der Waals surface area (Å²) in [7, 11) is -3.24. The number of nitrogens with zero attached hydrogens (tertiary/aromatic N) is 3. The van der Waals surface area contributed by atoms with Crippen LogP contribution < -0.4 is 10.5 Å². The van der Waals surface area contributed by atoms with Gasteiger partial charge in [-0.3, -0.25) is 4.52 Å². The number of anilines is 1. The molecule has 0 unspecified atom stereocenters. The molecule has 0 saturated carbocycles. The van der Waals surface area contributed by atoms with E-state index in [0.29, 0.717) is 27.9 Å². The van der Waals surface area contributed by atoms with E-state index in [1.165, 1.54) is 17.8 Å². The van der Waals surface area contributed by atoms with Crippen LogP contribution >= 0.6 is 7.82 Å². The van der Waals surface area contributed by atoms with E-state index in [0.717, 1.165) is 0 Å². The molecule has 12 nitrogen and oxygen atoms in total. The first-order valence-corrected chi connectivity index (χ1v) is 11.6. The second-order valence-corrected chi connectivity index (χ2v) is 9.11. The van der Waals surface area contributed by atoms with Gasteiger partial charge in [0.15, 0.2) is 6.23 Å². The van der Waals surface area contributed by atoms with Crippen LogP contribution in [0.4, 0.5) is 5.82 Å². The smallest absolute Gasteiger partial charge is 0.469 e. The number of nitrogens with two attached hydrogens (primary N) is 1. The SMILES string of the molecule is COc1ccc(C#Cc2cn([C@@H]3O[C@H](COP(=O)(O)O)[C@@H](O)[C@@]3(C)O)c3ncnc(N)c23)cc1. The number of hydrogen-bond acceptors (Lipinski definition) is 9. The zero-order chi connectivity index (χ0) is 24.7. The molecule has 0 aliphatic carbocycles. The van der Waals surface area contributed by atoms with Gasteiger partial charge in [0.1, 0.15) is 41.4 Å². The molecule has 180 valence electrons. The number of phosphoric acid groups is 1. The predicted octanol–water partition coefficient (Wildman–Crippen LogP) is 0.540. The van der Waals surface area contributed by atoms with Crippen molar-refractivity contribution >= 4 is 24.7 Å². The molecule has 0 bridgehead atoms. The number of ether oxygens (including phenoxy) is 2. The van der Waals surface area contributed by atoms with Crippen molar-refractivity contribution in [1.29, 1.82) is 0 Å². The largest absolute Gasteiger partial charge is 0.497 e. The first kappa shape index (κ1) is 24.1. The predicted molar refractivity (Wildman–Crippen MR) is 119 cm³/mol. The third-order valence-corrected chi connectivity index (χ3v) is 5.97. The number of benzene rings is 1. The fraction of sp³-hybridized carbons (Fsp3) is 0.333. The lowest BCUT2D eigenvalue weighted by atomic mass is 9.96. The van der Waals surface area contributed by atoms with Crippen molar-refractivity contribution in [3.8, 4) is 17.6 Å². The van der Waals surface area contributed by atoms with Crippen molar-refractivity contribution in [2.45, 2.75) is 31.0 Å². The van der Waals surface area contributed by atoms with E-state index in [1.54, 1.807) is 37.6 Å². The molecule has 4 rings (SSSR count). The van der Waals surface area contributed by atoms with Crippen molar-refractivity contribution in [1.82, 2.24) is 14.5 Å². The Kier molecular flexibility index (Phi) is 6.37. The Bertz CT molecular complexity index is 1310. The zero-order valence-corrected chi connectivity index (χ0v) is 19.1. The molecule has 1 aliphatic heterocycles. The number of phosphoric ester groups is 1. The monoisotopic (exact) mass is 490 g/mol. The number of rotatable bonds is 5. The van der Waals surface area contributed by atoms with Crippen LogP contribution in [-0.2, 0) is 13.8 Å².